The first-order valence-electron chi connectivity index (χ1n) is 8.54. The molecule has 1 aromatic heterocycles. The molecule has 0 unspecified atom stereocenters. The molecule has 1 saturated heterocycles. The predicted octanol–water partition coefficient (Wildman–Crippen LogP) is 1.99. The van der Waals surface area contributed by atoms with Crippen molar-refractivity contribution in [3.63, 3.8) is 0 Å². The van der Waals surface area contributed by atoms with E-state index >= 15 is 0 Å². The Morgan fingerprint density at radius 2 is 2.00 bits per heavy atom. The second-order valence-corrected chi connectivity index (χ2v) is 7.97. The molecule has 2 fully saturated rings. The number of hydrogen-bond acceptors (Lipinski definition) is 6. The highest BCUT2D eigenvalue weighted by molar-refractivity contribution is 7.99. The molecule has 1 aliphatic heterocycles. The SMILES string of the molecule is CC1(C)NC(=O)N(CCCSc2nnnn2C2CCCCC2)C1=O. The third-order valence-electron chi connectivity index (χ3n) is 4.58. The van der Waals surface area contributed by atoms with Gasteiger partial charge in [0, 0.05) is 12.3 Å². The Bertz CT molecular complexity index is 611. The lowest BCUT2D eigenvalue weighted by atomic mass is 9.96. The summed E-state index contributed by atoms with van der Waals surface area (Å²) in [5, 5.41) is 15.6. The fourth-order valence-corrected chi connectivity index (χ4v) is 4.11. The van der Waals surface area contributed by atoms with E-state index in [2.05, 4.69) is 20.8 Å². The number of tetrazole rings is 1. The zero-order valence-electron chi connectivity index (χ0n) is 14.2. The first-order valence-corrected chi connectivity index (χ1v) is 9.52. The Morgan fingerprint density at radius 3 is 2.67 bits per heavy atom. The van der Waals surface area contributed by atoms with Crippen LogP contribution in [0, 0.1) is 0 Å². The fraction of sp³-hybridized carbons (Fsp3) is 0.800. The van der Waals surface area contributed by atoms with Gasteiger partial charge in [-0.15, -0.1) is 5.10 Å². The number of carbonyl (C=O) groups is 2. The van der Waals surface area contributed by atoms with Crippen LogP contribution in [0.5, 0.6) is 0 Å². The number of hydrogen-bond donors (Lipinski definition) is 1. The van der Waals surface area contributed by atoms with Gasteiger partial charge in [-0.3, -0.25) is 9.69 Å². The largest absolute Gasteiger partial charge is 0.325 e. The third-order valence-corrected chi connectivity index (χ3v) is 5.60. The molecule has 3 amide bonds. The number of urea groups is 1. The summed E-state index contributed by atoms with van der Waals surface area (Å²) in [5.74, 6) is 0.606. The van der Waals surface area contributed by atoms with Crippen molar-refractivity contribution in [2.45, 2.75) is 69.1 Å². The van der Waals surface area contributed by atoms with Gasteiger partial charge < -0.3 is 5.32 Å². The molecule has 3 rings (SSSR count). The van der Waals surface area contributed by atoms with Crippen LogP contribution in [-0.2, 0) is 4.79 Å². The molecule has 0 spiro atoms. The van der Waals surface area contributed by atoms with Crippen LogP contribution in [0.2, 0.25) is 0 Å². The van der Waals surface area contributed by atoms with E-state index in [0.29, 0.717) is 12.6 Å². The van der Waals surface area contributed by atoms with Crippen LogP contribution >= 0.6 is 11.8 Å². The van der Waals surface area contributed by atoms with Crippen molar-refractivity contribution in [1.29, 1.82) is 0 Å². The topological polar surface area (TPSA) is 93.0 Å². The average molecular weight is 352 g/mol. The summed E-state index contributed by atoms with van der Waals surface area (Å²) in [6.45, 7) is 3.87. The monoisotopic (exact) mass is 352 g/mol. The number of amides is 3. The summed E-state index contributed by atoms with van der Waals surface area (Å²) < 4.78 is 1.95. The molecule has 0 bridgehead atoms. The zero-order chi connectivity index (χ0) is 17.2. The van der Waals surface area contributed by atoms with E-state index in [0.717, 1.165) is 30.2 Å². The van der Waals surface area contributed by atoms with E-state index in [9.17, 15) is 9.59 Å². The Hall–Kier alpha value is -1.64. The average Bonchev–Trinajstić information content (AvgIpc) is 3.09. The molecule has 0 atom stereocenters. The normalized spacial score (nSPS) is 21.3. The zero-order valence-corrected chi connectivity index (χ0v) is 15.0. The van der Waals surface area contributed by atoms with E-state index in [4.69, 9.17) is 0 Å². The van der Waals surface area contributed by atoms with Gasteiger partial charge in [0.1, 0.15) is 5.54 Å². The maximum atomic E-state index is 12.1. The Balaban J connectivity index is 1.48. The molecule has 8 nitrogen and oxygen atoms in total. The van der Waals surface area contributed by atoms with Crippen LogP contribution in [-0.4, -0.2) is 54.9 Å². The molecule has 1 aromatic rings. The molecule has 1 saturated carbocycles. The second-order valence-electron chi connectivity index (χ2n) is 6.91. The number of nitrogens with one attached hydrogen (secondary N) is 1. The van der Waals surface area contributed by atoms with Gasteiger partial charge in [-0.1, -0.05) is 31.0 Å². The lowest BCUT2D eigenvalue weighted by Crippen LogP contribution is -2.40. The quantitative estimate of drug-likeness (QED) is 0.478. The smallest absolute Gasteiger partial charge is 0.324 e. The minimum absolute atomic E-state index is 0.162. The molecular weight excluding hydrogens is 328 g/mol. The first-order chi connectivity index (χ1) is 11.5. The highest BCUT2D eigenvalue weighted by Gasteiger charge is 2.43. The number of rotatable bonds is 6. The van der Waals surface area contributed by atoms with E-state index in [1.807, 2.05) is 4.68 Å². The van der Waals surface area contributed by atoms with Crippen molar-refractivity contribution in [3.8, 4) is 0 Å². The van der Waals surface area contributed by atoms with Gasteiger partial charge in [0.2, 0.25) is 5.16 Å². The highest BCUT2D eigenvalue weighted by atomic mass is 32.2. The van der Waals surface area contributed by atoms with E-state index in [1.54, 1.807) is 25.6 Å². The number of carbonyl (C=O) groups excluding carboxylic acids is 2. The van der Waals surface area contributed by atoms with Crippen LogP contribution in [0.1, 0.15) is 58.4 Å². The van der Waals surface area contributed by atoms with Gasteiger partial charge in [-0.2, -0.15) is 0 Å². The molecule has 9 heteroatoms. The van der Waals surface area contributed by atoms with Gasteiger partial charge in [0.05, 0.1) is 6.04 Å². The second kappa shape index (κ2) is 7.08. The summed E-state index contributed by atoms with van der Waals surface area (Å²) in [6.07, 6.45) is 6.75. The van der Waals surface area contributed by atoms with Crippen LogP contribution in [0.25, 0.3) is 0 Å². The Morgan fingerprint density at radius 1 is 1.25 bits per heavy atom. The summed E-state index contributed by atoms with van der Waals surface area (Å²) in [7, 11) is 0. The lowest BCUT2D eigenvalue weighted by molar-refractivity contribution is -0.130. The summed E-state index contributed by atoms with van der Waals surface area (Å²) >= 11 is 1.59. The maximum Gasteiger partial charge on any atom is 0.325 e. The molecule has 1 aliphatic carbocycles. The van der Waals surface area contributed by atoms with Crippen molar-refractivity contribution in [3.05, 3.63) is 0 Å². The lowest BCUT2D eigenvalue weighted by Gasteiger charge is -2.22. The molecule has 132 valence electrons. The van der Waals surface area contributed by atoms with Crippen LogP contribution in [0.15, 0.2) is 5.16 Å². The standard InChI is InChI=1S/C15H24N6O2S/c1-15(2)12(22)20(13(23)16-15)9-6-10-24-14-17-18-19-21(14)11-7-4-3-5-8-11/h11H,3-10H2,1-2H3,(H,16,23). The molecule has 2 heterocycles. The van der Waals surface area contributed by atoms with Crippen molar-refractivity contribution in [2.75, 3.05) is 12.3 Å². The van der Waals surface area contributed by atoms with E-state index in [1.165, 1.54) is 24.2 Å². The van der Waals surface area contributed by atoms with Gasteiger partial charge in [0.15, 0.2) is 0 Å². The predicted molar refractivity (Wildman–Crippen MR) is 89.6 cm³/mol. The van der Waals surface area contributed by atoms with Gasteiger partial charge in [-0.25, -0.2) is 9.48 Å². The highest BCUT2D eigenvalue weighted by Crippen LogP contribution is 2.30. The number of nitrogens with zero attached hydrogens (tertiary/aromatic N) is 5. The van der Waals surface area contributed by atoms with Gasteiger partial charge in [0.25, 0.3) is 5.91 Å². The first kappa shape index (κ1) is 17.2. The third kappa shape index (κ3) is 3.55. The molecule has 0 aromatic carbocycles. The van der Waals surface area contributed by atoms with Gasteiger partial charge >= 0.3 is 6.03 Å². The van der Waals surface area contributed by atoms with Crippen molar-refractivity contribution in [2.24, 2.45) is 0 Å². The molecule has 0 radical (unpaired) electrons. The van der Waals surface area contributed by atoms with Crippen molar-refractivity contribution in [1.82, 2.24) is 30.4 Å². The van der Waals surface area contributed by atoms with Crippen LogP contribution < -0.4 is 5.32 Å². The maximum absolute atomic E-state index is 12.1. The van der Waals surface area contributed by atoms with Crippen molar-refractivity contribution < 1.29 is 9.59 Å². The Labute approximate surface area is 145 Å². The summed E-state index contributed by atoms with van der Waals surface area (Å²) in [6, 6.07) is 0.102. The summed E-state index contributed by atoms with van der Waals surface area (Å²) in [5.41, 5.74) is -0.796. The molecule has 2 aliphatic rings. The minimum atomic E-state index is -0.796. The van der Waals surface area contributed by atoms with Crippen LogP contribution in [0.3, 0.4) is 0 Å². The number of thioether (sulfide) groups is 1. The van der Waals surface area contributed by atoms with Crippen LogP contribution in [0.4, 0.5) is 4.79 Å². The minimum Gasteiger partial charge on any atom is -0.324 e. The molecule has 1 N–H and O–H groups in total. The Kier molecular flexibility index (Phi) is 5.07. The van der Waals surface area contributed by atoms with Crippen molar-refractivity contribution >= 4 is 23.7 Å². The number of imide groups is 1. The van der Waals surface area contributed by atoms with E-state index < -0.39 is 5.54 Å². The fourth-order valence-electron chi connectivity index (χ4n) is 3.24. The van der Waals surface area contributed by atoms with Gasteiger partial charge in [-0.05, 0) is 43.5 Å². The number of aromatic nitrogens is 4. The van der Waals surface area contributed by atoms with E-state index in [-0.39, 0.29) is 11.9 Å². The summed E-state index contributed by atoms with van der Waals surface area (Å²) in [4.78, 5) is 25.3. The molecular formula is C15H24N6O2S. The molecule has 24 heavy (non-hydrogen) atoms.